The Morgan fingerprint density at radius 2 is 1.67 bits per heavy atom. The Labute approximate surface area is 279 Å². The third-order valence-corrected chi connectivity index (χ3v) is 11.5. The lowest BCUT2D eigenvalue weighted by atomic mass is 9.92. The number of hydrogen-bond donors (Lipinski definition) is 1. The first-order valence-corrected chi connectivity index (χ1v) is 17.8. The van der Waals surface area contributed by atoms with Crippen LogP contribution < -0.4 is 10.2 Å². The van der Waals surface area contributed by atoms with Gasteiger partial charge in [-0.05, 0) is 92.6 Å². The molecule has 3 aromatic rings. The van der Waals surface area contributed by atoms with E-state index in [-0.39, 0.29) is 17.9 Å². The molecule has 2 aliphatic heterocycles. The quantitative estimate of drug-likeness (QED) is 0.273. The van der Waals surface area contributed by atoms with Crippen LogP contribution in [0.5, 0.6) is 0 Å². The number of aryl methyl sites for hydroxylation is 3. The second kappa shape index (κ2) is 14.5. The second-order valence-corrected chi connectivity index (χ2v) is 14.6. The third-order valence-electron chi connectivity index (χ3n) is 10.1. The number of piperazine rings is 1. The zero-order valence-electron chi connectivity index (χ0n) is 27.9. The number of benzene rings is 3. The number of fused-ring (bicyclic) bond motifs is 1. The molecule has 2 amide bonds. The first-order chi connectivity index (χ1) is 22.3. The molecule has 2 heterocycles. The molecule has 1 N–H and O–H groups in total. The summed E-state index contributed by atoms with van der Waals surface area (Å²) in [6.07, 6.45) is 6.65. The summed E-state index contributed by atoms with van der Waals surface area (Å²) in [6, 6.07) is 21.0. The molecule has 0 spiro atoms. The molecule has 6 nitrogen and oxygen atoms in total. The van der Waals surface area contributed by atoms with Gasteiger partial charge in [-0.25, -0.2) is 0 Å². The van der Waals surface area contributed by atoms with Crippen LogP contribution in [-0.4, -0.2) is 72.2 Å². The predicted octanol–water partition coefficient (Wildman–Crippen LogP) is 6.90. The Kier molecular flexibility index (Phi) is 10.2. The Balaban J connectivity index is 1.03. The largest absolute Gasteiger partial charge is 0.369 e. The van der Waals surface area contributed by atoms with Crippen molar-refractivity contribution in [2.75, 3.05) is 44.2 Å². The molecule has 46 heavy (non-hydrogen) atoms. The first kappa shape index (κ1) is 32.4. The molecule has 7 heteroatoms. The predicted molar refractivity (Wildman–Crippen MR) is 191 cm³/mol. The van der Waals surface area contributed by atoms with Gasteiger partial charge in [-0.15, -0.1) is 11.8 Å². The van der Waals surface area contributed by atoms with Gasteiger partial charge in [-0.1, -0.05) is 60.9 Å². The summed E-state index contributed by atoms with van der Waals surface area (Å²) >= 11 is 1.76. The number of anilines is 1. The van der Waals surface area contributed by atoms with Crippen molar-refractivity contribution in [3.63, 3.8) is 0 Å². The van der Waals surface area contributed by atoms with E-state index in [2.05, 4.69) is 84.1 Å². The van der Waals surface area contributed by atoms with Gasteiger partial charge in [0.15, 0.2) is 0 Å². The standard InChI is InChI=1S/C39H48N4O2S/c1-27-12-13-29(3)33(24-27)26-43-35-9-5-6-11-36(35)46-37(39(43)45)25-31-14-16-32(17-15-31)38(44)40-18-19-41-20-22-42(23-21-41)34-10-7-8-28(2)30(34)4/h7-8,10,12-17,24-25,35-36H,5-6,9,11,18-23,26H2,1-4H3,(H,40,44)/b37-25-. The molecule has 2 saturated heterocycles. The van der Waals surface area contributed by atoms with Gasteiger partial charge in [-0.2, -0.15) is 0 Å². The number of rotatable bonds is 8. The molecule has 242 valence electrons. The molecule has 1 aliphatic carbocycles. The molecule has 0 bridgehead atoms. The topological polar surface area (TPSA) is 55.9 Å². The van der Waals surface area contributed by atoms with E-state index in [1.165, 1.54) is 46.3 Å². The number of amides is 2. The Morgan fingerprint density at radius 3 is 2.46 bits per heavy atom. The molecular formula is C39H48N4O2S. The minimum absolute atomic E-state index is 0.0545. The first-order valence-electron chi connectivity index (χ1n) is 16.9. The highest BCUT2D eigenvalue weighted by molar-refractivity contribution is 8.04. The van der Waals surface area contributed by atoms with E-state index in [9.17, 15) is 9.59 Å². The van der Waals surface area contributed by atoms with Crippen molar-refractivity contribution in [2.45, 2.75) is 71.2 Å². The fourth-order valence-corrected chi connectivity index (χ4v) is 8.59. The van der Waals surface area contributed by atoms with E-state index >= 15 is 0 Å². The van der Waals surface area contributed by atoms with Gasteiger partial charge in [0.25, 0.3) is 11.8 Å². The highest BCUT2D eigenvalue weighted by atomic mass is 32.2. The Hall–Kier alpha value is -3.55. The lowest BCUT2D eigenvalue weighted by Crippen LogP contribution is -2.50. The van der Waals surface area contributed by atoms with Gasteiger partial charge < -0.3 is 15.1 Å². The average molecular weight is 637 g/mol. The molecule has 1 saturated carbocycles. The highest BCUT2D eigenvalue weighted by Crippen LogP contribution is 2.43. The molecule has 3 fully saturated rings. The van der Waals surface area contributed by atoms with Gasteiger partial charge in [0.2, 0.25) is 0 Å². The van der Waals surface area contributed by atoms with Crippen LogP contribution in [0.15, 0.2) is 65.6 Å². The maximum atomic E-state index is 13.9. The van der Waals surface area contributed by atoms with Crippen molar-refractivity contribution in [3.05, 3.63) is 105 Å². The summed E-state index contributed by atoms with van der Waals surface area (Å²) in [6.45, 7) is 14.7. The van der Waals surface area contributed by atoms with Crippen molar-refractivity contribution >= 4 is 35.3 Å². The van der Waals surface area contributed by atoms with Crippen molar-refractivity contribution in [1.29, 1.82) is 0 Å². The highest BCUT2D eigenvalue weighted by Gasteiger charge is 2.40. The molecule has 2 unspecified atom stereocenters. The van der Waals surface area contributed by atoms with Crippen LogP contribution in [0.2, 0.25) is 0 Å². The van der Waals surface area contributed by atoms with Crippen molar-refractivity contribution < 1.29 is 9.59 Å². The lowest BCUT2D eigenvalue weighted by molar-refractivity contribution is -0.130. The molecule has 6 rings (SSSR count). The summed E-state index contributed by atoms with van der Waals surface area (Å²) in [5.41, 5.74) is 9.34. The van der Waals surface area contributed by atoms with Crippen molar-refractivity contribution in [2.24, 2.45) is 0 Å². The molecule has 3 aromatic carbocycles. The summed E-state index contributed by atoms with van der Waals surface area (Å²) in [7, 11) is 0. The Bertz CT molecular complexity index is 1590. The SMILES string of the molecule is Cc1ccc(C)c(CN2C(=O)/C(=C/c3ccc(C(=O)NCCN4CCN(c5cccc(C)c5C)CC4)cc3)SC3CCCCC32)c1. The number of carbonyl (C=O) groups is 2. The smallest absolute Gasteiger partial charge is 0.260 e. The number of hydrogen-bond acceptors (Lipinski definition) is 5. The monoisotopic (exact) mass is 636 g/mol. The second-order valence-electron chi connectivity index (χ2n) is 13.3. The number of thioether (sulfide) groups is 1. The molecule has 3 aliphatic rings. The fourth-order valence-electron chi connectivity index (χ4n) is 7.12. The van der Waals surface area contributed by atoms with Crippen LogP contribution in [0.4, 0.5) is 5.69 Å². The maximum Gasteiger partial charge on any atom is 0.260 e. The zero-order chi connectivity index (χ0) is 32.2. The van der Waals surface area contributed by atoms with E-state index in [4.69, 9.17) is 0 Å². The normalized spacial score (nSPS) is 21.4. The van der Waals surface area contributed by atoms with Gasteiger partial charge in [-0.3, -0.25) is 14.5 Å². The summed E-state index contributed by atoms with van der Waals surface area (Å²) in [4.78, 5) is 34.7. The molecular weight excluding hydrogens is 589 g/mol. The van der Waals surface area contributed by atoms with Crippen LogP contribution in [0.1, 0.15) is 69.4 Å². The lowest BCUT2D eigenvalue weighted by Gasteiger charge is -2.44. The fraction of sp³-hybridized carbons (Fsp3) is 0.436. The Morgan fingerprint density at radius 1 is 0.913 bits per heavy atom. The van der Waals surface area contributed by atoms with Crippen LogP contribution in [0, 0.1) is 27.7 Å². The van der Waals surface area contributed by atoms with E-state index in [0.29, 0.717) is 23.9 Å². The molecule has 2 atom stereocenters. The molecule has 0 aromatic heterocycles. The average Bonchev–Trinajstić information content (AvgIpc) is 3.06. The van der Waals surface area contributed by atoms with Gasteiger partial charge in [0.1, 0.15) is 0 Å². The van der Waals surface area contributed by atoms with Gasteiger partial charge in [0.05, 0.1) is 4.91 Å². The summed E-state index contributed by atoms with van der Waals surface area (Å²) in [5.74, 6) is 0.0758. The number of nitrogens with one attached hydrogen (secondary N) is 1. The molecule has 0 radical (unpaired) electrons. The minimum atomic E-state index is -0.0545. The van der Waals surface area contributed by atoms with E-state index in [0.717, 1.165) is 56.0 Å². The summed E-state index contributed by atoms with van der Waals surface area (Å²) < 4.78 is 0. The van der Waals surface area contributed by atoms with E-state index < -0.39 is 0 Å². The van der Waals surface area contributed by atoms with E-state index in [1.807, 2.05) is 30.3 Å². The third kappa shape index (κ3) is 7.37. The number of carbonyl (C=O) groups excluding carboxylic acids is 2. The van der Waals surface area contributed by atoms with Crippen LogP contribution in [0.3, 0.4) is 0 Å². The van der Waals surface area contributed by atoms with Gasteiger partial charge in [0, 0.05) is 68.4 Å². The van der Waals surface area contributed by atoms with Gasteiger partial charge >= 0.3 is 0 Å². The number of nitrogens with zero attached hydrogens (tertiary/aromatic N) is 3. The van der Waals surface area contributed by atoms with Crippen LogP contribution in [0.25, 0.3) is 6.08 Å². The van der Waals surface area contributed by atoms with Crippen LogP contribution in [-0.2, 0) is 11.3 Å². The minimum Gasteiger partial charge on any atom is -0.369 e. The van der Waals surface area contributed by atoms with Crippen molar-refractivity contribution in [3.8, 4) is 0 Å². The summed E-state index contributed by atoms with van der Waals surface area (Å²) in [5, 5.41) is 3.54. The van der Waals surface area contributed by atoms with Crippen LogP contribution >= 0.6 is 11.8 Å². The maximum absolute atomic E-state index is 13.9. The zero-order valence-corrected chi connectivity index (χ0v) is 28.7. The van der Waals surface area contributed by atoms with Crippen molar-refractivity contribution in [1.82, 2.24) is 15.1 Å². The van der Waals surface area contributed by atoms with E-state index in [1.54, 1.807) is 11.8 Å².